The van der Waals surface area contributed by atoms with E-state index in [0.717, 1.165) is 23.9 Å². The van der Waals surface area contributed by atoms with Gasteiger partial charge in [0.2, 0.25) is 0 Å². The summed E-state index contributed by atoms with van der Waals surface area (Å²) in [5.74, 6) is 0.256. The number of amides is 1. The first kappa shape index (κ1) is 16.5. The number of aromatic amines is 1. The van der Waals surface area contributed by atoms with Gasteiger partial charge in [-0.05, 0) is 30.2 Å². The zero-order chi connectivity index (χ0) is 18.3. The second kappa shape index (κ2) is 6.37. The number of nitriles is 1. The Bertz CT molecular complexity index is 910. The molecule has 2 aliphatic rings. The summed E-state index contributed by atoms with van der Waals surface area (Å²) in [6, 6.07) is 8.25. The van der Waals surface area contributed by atoms with E-state index in [1.54, 1.807) is 9.80 Å². The SMILES string of the molecule is CN1CC(c2ccc3[nH]c(C(=O)N(C)C4CCN(C#N)C4)cc3c2)C=N1. The summed E-state index contributed by atoms with van der Waals surface area (Å²) in [4.78, 5) is 19.5. The number of rotatable bonds is 3. The molecule has 2 aliphatic heterocycles. The molecule has 1 N–H and O–H groups in total. The fraction of sp³-hybridized carbons (Fsp3) is 0.421. The molecule has 0 spiro atoms. The van der Waals surface area contributed by atoms with Crippen molar-refractivity contribution >= 4 is 23.0 Å². The first-order valence-corrected chi connectivity index (χ1v) is 8.85. The largest absolute Gasteiger partial charge is 0.351 e. The van der Waals surface area contributed by atoms with E-state index in [-0.39, 0.29) is 17.9 Å². The number of aromatic nitrogens is 1. The van der Waals surface area contributed by atoms with Crippen LogP contribution in [-0.2, 0) is 0 Å². The fourth-order valence-corrected chi connectivity index (χ4v) is 3.77. The zero-order valence-corrected chi connectivity index (χ0v) is 15.0. The van der Waals surface area contributed by atoms with Gasteiger partial charge in [0.1, 0.15) is 5.69 Å². The average molecular weight is 350 g/mol. The molecule has 2 unspecified atom stereocenters. The molecule has 1 aromatic heterocycles. The molecule has 1 amide bonds. The van der Waals surface area contributed by atoms with Crippen LogP contribution in [0.25, 0.3) is 10.9 Å². The van der Waals surface area contributed by atoms with Crippen molar-refractivity contribution in [3.63, 3.8) is 0 Å². The highest BCUT2D eigenvalue weighted by molar-refractivity contribution is 5.98. The Morgan fingerprint density at radius 1 is 1.38 bits per heavy atom. The van der Waals surface area contributed by atoms with E-state index in [1.807, 2.05) is 37.5 Å². The van der Waals surface area contributed by atoms with Crippen molar-refractivity contribution in [2.24, 2.45) is 5.10 Å². The number of H-pyrrole nitrogens is 1. The standard InChI is InChI=1S/C19H22N6O/c1-23-10-15(9-21-23)13-3-4-17-14(7-13)8-18(22-17)19(26)24(2)16-5-6-25(11-16)12-20/h3-4,7-9,15-16,22H,5-6,10-11H2,1-2H3. The monoisotopic (exact) mass is 350 g/mol. The van der Waals surface area contributed by atoms with Gasteiger partial charge in [-0.1, -0.05) is 6.07 Å². The van der Waals surface area contributed by atoms with Gasteiger partial charge in [-0.25, -0.2) is 0 Å². The molecule has 0 aliphatic carbocycles. The van der Waals surface area contributed by atoms with Crippen molar-refractivity contribution in [2.75, 3.05) is 33.7 Å². The molecule has 3 heterocycles. The van der Waals surface area contributed by atoms with E-state index in [1.165, 1.54) is 5.56 Å². The molecule has 1 aromatic carbocycles. The van der Waals surface area contributed by atoms with Gasteiger partial charge in [-0.2, -0.15) is 10.4 Å². The number of nitrogens with one attached hydrogen (secondary N) is 1. The lowest BCUT2D eigenvalue weighted by molar-refractivity contribution is 0.0734. The molecule has 0 saturated carbocycles. The van der Waals surface area contributed by atoms with Gasteiger partial charge in [0.15, 0.2) is 6.19 Å². The molecule has 0 radical (unpaired) electrons. The number of hydrogen-bond donors (Lipinski definition) is 1. The number of likely N-dealkylation sites (N-methyl/N-ethyl adjacent to an activating group) is 2. The minimum atomic E-state index is -0.0327. The van der Waals surface area contributed by atoms with Crippen LogP contribution >= 0.6 is 0 Å². The van der Waals surface area contributed by atoms with E-state index >= 15 is 0 Å². The molecule has 2 atom stereocenters. The molecule has 26 heavy (non-hydrogen) atoms. The van der Waals surface area contributed by atoms with Gasteiger partial charge in [0.25, 0.3) is 5.91 Å². The van der Waals surface area contributed by atoms with E-state index in [0.29, 0.717) is 18.8 Å². The van der Waals surface area contributed by atoms with Gasteiger partial charge in [0.05, 0.1) is 6.04 Å². The molecule has 4 rings (SSSR count). The maximum atomic E-state index is 12.8. The van der Waals surface area contributed by atoms with Crippen molar-refractivity contribution in [3.05, 3.63) is 35.5 Å². The number of benzene rings is 1. The molecule has 1 fully saturated rings. The quantitative estimate of drug-likeness (QED) is 0.857. The lowest BCUT2D eigenvalue weighted by Gasteiger charge is -2.23. The Labute approximate surface area is 152 Å². The molecule has 134 valence electrons. The lowest BCUT2D eigenvalue weighted by Crippen LogP contribution is -2.38. The van der Waals surface area contributed by atoms with Crippen LogP contribution in [0, 0.1) is 11.5 Å². The molecule has 7 nitrogen and oxygen atoms in total. The van der Waals surface area contributed by atoms with Crippen LogP contribution in [0.5, 0.6) is 0 Å². The van der Waals surface area contributed by atoms with Crippen molar-refractivity contribution in [3.8, 4) is 6.19 Å². The summed E-state index contributed by atoms with van der Waals surface area (Å²) in [6.07, 6.45) is 4.95. The first-order valence-electron chi connectivity index (χ1n) is 8.85. The van der Waals surface area contributed by atoms with Crippen LogP contribution in [0.2, 0.25) is 0 Å². The molecule has 7 heteroatoms. The van der Waals surface area contributed by atoms with Crippen LogP contribution in [0.15, 0.2) is 29.4 Å². The third-order valence-electron chi connectivity index (χ3n) is 5.38. The van der Waals surface area contributed by atoms with Gasteiger partial charge in [0, 0.05) is 56.8 Å². The number of fused-ring (bicyclic) bond motifs is 1. The third-order valence-corrected chi connectivity index (χ3v) is 5.38. The fourth-order valence-electron chi connectivity index (χ4n) is 3.77. The Balaban J connectivity index is 1.54. The molecule has 0 bridgehead atoms. The maximum absolute atomic E-state index is 12.8. The summed E-state index contributed by atoms with van der Waals surface area (Å²) in [7, 11) is 3.78. The second-order valence-corrected chi connectivity index (χ2v) is 7.15. The van der Waals surface area contributed by atoms with Gasteiger partial charge >= 0.3 is 0 Å². The molecule has 1 saturated heterocycles. The van der Waals surface area contributed by atoms with Crippen LogP contribution in [0.1, 0.15) is 28.4 Å². The molecular formula is C19H22N6O. The predicted octanol–water partition coefficient (Wildman–Crippen LogP) is 1.81. The minimum Gasteiger partial charge on any atom is -0.351 e. The highest BCUT2D eigenvalue weighted by Crippen LogP contribution is 2.25. The highest BCUT2D eigenvalue weighted by atomic mass is 16.2. The van der Waals surface area contributed by atoms with Gasteiger partial charge < -0.3 is 14.8 Å². The third kappa shape index (κ3) is 2.88. The number of carbonyl (C=O) groups is 1. The summed E-state index contributed by atoms with van der Waals surface area (Å²) in [6.45, 7) is 2.20. The number of hydrogen-bond acceptors (Lipinski definition) is 5. The Kier molecular flexibility index (Phi) is 4.03. The van der Waals surface area contributed by atoms with E-state index < -0.39 is 0 Å². The van der Waals surface area contributed by atoms with Crippen LogP contribution < -0.4 is 0 Å². The Morgan fingerprint density at radius 2 is 2.23 bits per heavy atom. The van der Waals surface area contributed by atoms with E-state index in [4.69, 9.17) is 5.26 Å². The predicted molar refractivity (Wildman–Crippen MR) is 99.8 cm³/mol. The number of hydrazone groups is 1. The highest BCUT2D eigenvalue weighted by Gasteiger charge is 2.29. The summed E-state index contributed by atoms with van der Waals surface area (Å²) >= 11 is 0. The number of nitrogens with zero attached hydrogens (tertiary/aromatic N) is 5. The second-order valence-electron chi connectivity index (χ2n) is 7.15. The Hall–Kier alpha value is -3.01. The number of likely N-dealkylation sites (tertiary alicyclic amines) is 1. The lowest BCUT2D eigenvalue weighted by atomic mass is 9.99. The van der Waals surface area contributed by atoms with E-state index in [2.05, 4.69) is 28.4 Å². The van der Waals surface area contributed by atoms with Gasteiger partial charge in [-0.3, -0.25) is 9.80 Å². The maximum Gasteiger partial charge on any atom is 0.270 e. The molecular weight excluding hydrogens is 328 g/mol. The van der Waals surface area contributed by atoms with Crippen molar-refractivity contribution in [2.45, 2.75) is 18.4 Å². The normalized spacial score (nSPS) is 22.2. The minimum absolute atomic E-state index is 0.0327. The van der Waals surface area contributed by atoms with Crippen LogP contribution in [-0.4, -0.2) is 71.7 Å². The smallest absolute Gasteiger partial charge is 0.270 e. The Morgan fingerprint density at radius 3 is 2.92 bits per heavy atom. The van der Waals surface area contributed by atoms with Crippen LogP contribution in [0.4, 0.5) is 0 Å². The van der Waals surface area contributed by atoms with Crippen molar-refractivity contribution in [1.82, 2.24) is 19.8 Å². The topological polar surface area (TPSA) is 78.7 Å². The van der Waals surface area contributed by atoms with E-state index in [9.17, 15) is 4.79 Å². The summed E-state index contributed by atoms with van der Waals surface area (Å²) in [5.41, 5.74) is 2.75. The van der Waals surface area contributed by atoms with Crippen molar-refractivity contribution in [1.29, 1.82) is 5.26 Å². The summed E-state index contributed by atoms with van der Waals surface area (Å²) in [5, 5.41) is 16.3. The molecule has 2 aromatic rings. The van der Waals surface area contributed by atoms with Gasteiger partial charge in [-0.15, -0.1) is 0 Å². The van der Waals surface area contributed by atoms with Crippen molar-refractivity contribution < 1.29 is 4.79 Å². The van der Waals surface area contributed by atoms with Crippen LogP contribution in [0.3, 0.4) is 0 Å². The average Bonchev–Trinajstić information content (AvgIpc) is 3.38. The zero-order valence-electron chi connectivity index (χ0n) is 15.0. The first-order chi connectivity index (χ1) is 12.5. The summed E-state index contributed by atoms with van der Waals surface area (Å²) < 4.78 is 0. The number of carbonyl (C=O) groups excluding carboxylic acids is 1.